The zero-order valence-corrected chi connectivity index (χ0v) is 12.5. The van der Waals surface area contributed by atoms with Gasteiger partial charge in [-0.05, 0) is 45.6 Å². The molecule has 0 fully saturated rings. The fourth-order valence-electron chi connectivity index (χ4n) is 1.42. The third-order valence-electron chi connectivity index (χ3n) is 2.31. The van der Waals surface area contributed by atoms with Crippen LogP contribution in [0.2, 0.25) is 0 Å². The Morgan fingerprint density at radius 3 is 2.88 bits per heavy atom. The first-order chi connectivity index (χ1) is 8.16. The summed E-state index contributed by atoms with van der Waals surface area (Å²) in [6.45, 7) is 0.776. The molecule has 0 amide bonds. The SMILES string of the molecule is C[S@](=O)c1cccc(NCc2sccc2Br)c1. The highest BCUT2D eigenvalue weighted by Gasteiger charge is 2.02. The second-order valence-corrected chi connectivity index (χ2v) is 6.76. The molecule has 0 saturated heterocycles. The van der Waals surface area contributed by atoms with Crippen LogP contribution in [0.15, 0.2) is 45.1 Å². The molecule has 1 heterocycles. The highest BCUT2D eigenvalue weighted by molar-refractivity contribution is 9.10. The number of rotatable bonds is 4. The van der Waals surface area contributed by atoms with Gasteiger partial charge in [0.2, 0.25) is 0 Å². The van der Waals surface area contributed by atoms with E-state index in [4.69, 9.17) is 0 Å². The standard InChI is InChI=1S/C12H12BrNOS2/c1-17(15)10-4-2-3-9(7-10)14-8-12-11(13)5-6-16-12/h2-7,14H,8H2,1H3/t17-/m0/s1. The summed E-state index contributed by atoms with van der Waals surface area (Å²) in [7, 11) is -0.931. The van der Waals surface area contributed by atoms with E-state index >= 15 is 0 Å². The predicted molar refractivity (Wildman–Crippen MR) is 78.1 cm³/mol. The summed E-state index contributed by atoms with van der Waals surface area (Å²) in [5, 5.41) is 5.38. The zero-order chi connectivity index (χ0) is 12.3. The van der Waals surface area contributed by atoms with Crippen LogP contribution >= 0.6 is 27.3 Å². The van der Waals surface area contributed by atoms with Crippen molar-refractivity contribution < 1.29 is 4.21 Å². The summed E-state index contributed by atoms with van der Waals surface area (Å²) in [5.74, 6) is 0. The molecule has 5 heteroatoms. The van der Waals surface area contributed by atoms with E-state index in [9.17, 15) is 4.21 Å². The van der Waals surface area contributed by atoms with E-state index in [1.54, 1.807) is 17.6 Å². The second kappa shape index (κ2) is 5.80. The maximum absolute atomic E-state index is 11.4. The molecule has 0 unspecified atom stereocenters. The molecule has 17 heavy (non-hydrogen) atoms. The Hall–Kier alpha value is -0.650. The zero-order valence-electron chi connectivity index (χ0n) is 9.27. The van der Waals surface area contributed by atoms with Crippen molar-refractivity contribution in [2.75, 3.05) is 11.6 Å². The quantitative estimate of drug-likeness (QED) is 0.922. The van der Waals surface area contributed by atoms with Gasteiger partial charge in [0, 0.05) is 37.0 Å². The molecule has 0 aliphatic rings. The first-order valence-corrected chi connectivity index (χ1v) is 8.29. The Labute approximate surface area is 116 Å². The van der Waals surface area contributed by atoms with Gasteiger partial charge in [0.15, 0.2) is 0 Å². The molecular formula is C12H12BrNOS2. The highest BCUT2D eigenvalue weighted by atomic mass is 79.9. The molecule has 0 aliphatic heterocycles. The second-order valence-electron chi connectivity index (χ2n) is 3.53. The fourth-order valence-corrected chi connectivity index (χ4v) is 3.41. The van der Waals surface area contributed by atoms with Crippen LogP contribution in [0.3, 0.4) is 0 Å². The Balaban J connectivity index is 2.07. The molecular weight excluding hydrogens is 318 g/mol. The third kappa shape index (κ3) is 3.40. The molecule has 1 N–H and O–H groups in total. The lowest BCUT2D eigenvalue weighted by atomic mass is 10.3. The maximum Gasteiger partial charge on any atom is 0.0505 e. The van der Waals surface area contributed by atoms with Crippen LogP contribution in [-0.4, -0.2) is 10.5 Å². The molecule has 0 spiro atoms. The average Bonchev–Trinajstić information content (AvgIpc) is 2.72. The Morgan fingerprint density at radius 2 is 2.24 bits per heavy atom. The Kier molecular flexibility index (Phi) is 4.36. The summed E-state index contributed by atoms with van der Waals surface area (Å²) in [6, 6.07) is 9.75. The van der Waals surface area contributed by atoms with E-state index in [0.717, 1.165) is 21.6 Å². The van der Waals surface area contributed by atoms with E-state index in [1.165, 1.54) is 4.88 Å². The molecule has 0 aliphatic carbocycles. The van der Waals surface area contributed by atoms with Gasteiger partial charge in [-0.25, -0.2) is 0 Å². The lowest BCUT2D eigenvalue weighted by Gasteiger charge is -2.06. The summed E-state index contributed by atoms with van der Waals surface area (Å²) >= 11 is 5.21. The summed E-state index contributed by atoms with van der Waals surface area (Å²) in [5.41, 5.74) is 0.998. The van der Waals surface area contributed by atoms with Crippen molar-refractivity contribution in [3.63, 3.8) is 0 Å². The average molecular weight is 330 g/mol. The molecule has 1 aromatic carbocycles. The minimum atomic E-state index is -0.931. The Morgan fingerprint density at radius 1 is 1.41 bits per heavy atom. The molecule has 90 valence electrons. The van der Waals surface area contributed by atoms with E-state index in [-0.39, 0.29) is 0 Å². The van der Waals surface area contributed by atoms with E-state index in [2.05, 4.69) is 26.6 Å². The largest absolute Gasteiger partial charge is 0.380 e. The van der Waals surface area contributed by atoms with Gasteiger partial charge in [0.25, 0.3) is 0 Å². The third-order valence-corrected chi connectivity index (χ3v) is 5.15. The molecule has 2 rings (SSSR count). The van der Waals surface area contributed by atoms with Gasteiger partial charge in [-0.15, -0.1) is 11.3 Å². The first-order valence-electron chi connectivity index (χ1n) is 5.06. The number of benzene rings is 1. The molecule has 0 saturated carbocycles. The number of nitrogens with one attached hydrogen (secondary N) is 1. The smallest absolute Gasteiger partial charge is 0.0505 e. The van der Waals surface area contributed by atoms with Crippen molar-refractivity contribution in [3.8, 4) is 0 Å². The van der Waals surface area contributed by atoms with E-state index in [1.807, 2.05) is 30.3 Å². The van der Waals surface area contributed by atoms with Gasteiger partial charge in [-0.3, -0.25) is 4.21 Å². The van der Waals surface area contributed by atoms with Crippen molar-refractivity contribution in [2.24, 2.45) is 0 Å². The van der Waals surface area contributed by atoms with Crippen LogP contribution in [0, 0.1) is 0 Å². The molecule has 2 nitrogen and oxygen atoms in total. The summed E-state index contributed by atoms with van der Waals surface area (Å²) in [4.78, 5) is 2.10. The van der Waals surface area contributed by atoms with Crippen LogP contribution < -0.4 is 5.32 Å². The van der Waals surface area contributed by atoms with Gasteiger partial charge >= 0.3 is 0 Å². The lowest BCUT2D eigenvalue weighted by Crippen LogP contribution is -1.98. The van der Waals surface area contributed by atoms with Crippen molar-refractivity contribution in [2.45, 2.75) is 11.4 Å². The number of thiophene rings is 1. The normalized spacial score (nSPS) is 12.4. The number of halogens is 1. The summed E-state index contributed by atoms with van der Waals surface area (Å²) in [6.07, 6.45) is 1.69. The van der Waals surface area contributed by atoms with Crippen molar-refractivity contribution in [3.05, 3.63) is 45.1 Å². The first kappa shape index (κ1) is 12.8. The van der Waals surface area contributed by atoms with Gasteiger partial charge in [0.05, 0.1) is 6.54 Å². The van der Waals surface area contributed by atoms with Crippen LogP contribution in [0.1, 0.15) is 4.88 Å². The van der Waals surface area contributed by atoms with Crippen molar-refractivity contribution >= 4 is 43.8 Å². The number of hydrogen-bond acceptors (Lipinski definition) is 3. The minimum absolute atomic E-state index is 0.776. The van der Waals surface area contributed by atoms with Gasteiger partial charge in [-0.2, -0.15) is 0 Å². The van der Waals surface area contributed by atoms with E-state index in [0.29, 0.717) is 0 Å². The molecule has 0 bridgehead atoms. The lowest BCUT2D eigenvalue weighted by molar-refractivity contribution is 0.687. The van der Waals surface area contributed by atoms with Crippen molar-refractivity contribution in [1.29, 1.82) is 0 Å². The fraction of sp³-hybridized carbons (Fsp3) is 0.167. The monoisotopic (exact) mass is 329 g/mol. The number of anilines is 1. The predicted octanol–water partition coefficient (Wildman–Crippen LogP) is 3.86. The van der Waals surface area contributed by atoms with Crippen LogP contribution in [0.5, 0.6) is 0 Å². The number of hydrogen-bond donors (Lipinski definition) is 1. The van der Waals surface area contributed by atoms with Crippen molar-refractivity contribution in [1.82, 2.24) is 0 Å². The molecule has 0 radical (unpaired) electrons. The highest BCUT2D eigenvalue weighted by Crippen LogP contribution is 2.24. The summed E-state index contributed by atoms with van der Waals surface area (Å²) < 4.78 is 12.5. The minimum Gasteiger partial charge on any atom is -0.380 e. The molecule has 2 aromatic rings. The maximum atomic E-state index is 11.4. The topological polar surface area (TPSA) is 29.1 Å². The van der Waals surface area contributed by atoms with E-state index < -0.39 is 10.8 Å². The van der Waals surface area contributed by atoms with Gasteiger partial charge in [-0.1, -0.05) is 6.07 Å². The Bertz CT molecular complexity index is 539. The van der Waals surface area contributed by atoms with Gasteiger partial charge < -0.3 is 5.32 Å². The van der Waals surface area contributed by atoms with Gasteiger partial charge in [0.1, 0.15) is 0 Å². The van der Waals surface area contributed by atoms with Crippen LogP contribution in [0.25, 0.3) is 0 Å². The van der Waals surface area contributed by atoms with Crippen LogP contribution in [0.4, 0.5) is 5.69 Å². The van der Waals surface area contributed by atoms with Crippen LogP contribution in [-0.2, 0) is 17.3 Å². The molecule has 1 aromatic heterocycles. The molecule has 1 atom stereocenters.